The average Bonchev–Trinajstić information content (AvgIpc) is 3.10. The summed E-state index contributed by atoms with van der Waals surface area (Å²) in [4.78, 5) is 26.7. The maximum absolute atomic E-state index is 11.9. The Balaban J connectivity index is 1.61. The van der Waals surface area contributed by atoms with Crippen LogP contribution in [0.1, 0.15) is 18.4 Å². The van der Waals surface area contributed by atoms with E-state index < -0.39 is 0 Å². The number of pyridine rings is 1. The molecule has 1 amide bonds. The zero-order valence-electron chi connectivity index (χ0n) is 14.8. The molecule has 1 aliphatic rings. The lowest BCUT2D eigenvalue weighted by Crippen LogP contribution is -2.23. The molecule has 1 aliphatic heterocycles. The predicted octanol–water partition coefficient (Wildman–Crippen LogP) is 4.37. The summed E-state index contributed by atoms with van der Waals surface area (Å²) in [5, 5.41) is 3.64. The van der Waals surface area contributed by atoms with E-state index in [1.165, 1.54) is 5.56 Å². The van der Waals surface area contributed by atoms with Gasteiger partial charge in [-0.2, -0.15) is 0 Å². The molecule has 7 heteroatoms. The molecule has 0 atom stereocenters. The molecule has 4 rings (SSSR count). The van der Waals surface area contributed by atoms with Crippen molar-refractivity contribution in [3.63, 3.8) is 0 Å². The lowest BCUT2D eigenvalue weighted by atomic mass is 10.1. The third-order valence-corrected chi connectivity index (χ3v) is 4.71. The van der Waals surface area contributed by atoms with Crippen molar-refractivity contribution in [2.24, 2.45) is 0 Å². The summed E-state index contributed by atoms with van der Waals surface area (Å²) < 4.78 is 0. The number of carbonyl (C=O) groups is 1. The van der Waals surface area contributed by atoms with Crippen molar-refractivity contribution in [1.82, 2.24) is 15.0 Å². The molecule has 136 valence electrons. The van der Waals surface area contributed by atoms with Gasteiger partial charge in [0.05, 0.1) is 40.7 Å². The molecule has 3 heterocycles. The van der Waals surface area contributed by atoms with Crippen LogP contribution in [0.4, 0.5) is 17.3 Å². The summed E-state index contributed by atoms with van der Waals surface area (Å²) in [5.41, 5.74) is 4.24. The van der Waals surface area contributed by atoms with Gasteiger partial charge >= 0.3 is 0 Å². The van der Waals surface area contributed by atoms with Crippen molar-refractivity contribution < 1.29 is 4.79 Å². The highest BCUT2D eigenvalue weighted by Crippen LogP contribution is 2.28. The van der Waals surface area contributed by atoms with Crippen LogP contribution in [0.15, 0.2) is 48.9 Å². The number of nitrogens with one attached hydrogen (secondary N) is 1. The highest BCUT2D eigenvalue weighted by molar-refractivity contribution is 6.32. The van der Waals surface area contributed by atoms with E-state index in [1.54, 1.807) is 23.5 Å². The quantitative estimate of drug-likeness (QED) is 0.728. The Morgan fingerprint density at radius 3 is 2.70 bits per heavy atom. The Bertz CT molecular complexity index is 990. The number of aromatic nitrogens is 3. The van der Waals surface area contributed by atoms with E-state index in [1.807, 2.05) is 37.3 Å². The SMILES string of the molecule is Cc1ccc(-c2nc(Nc3cncc(N4CCCC4=O)c3)ncc2Cl)cc1. The lowest BCUT2D eigenvalue weighted by molar-refractivity contribution is -0.117. The maximum Gasteiger partial charge on any atom is 0.227 e. The second kappa shape index (κ2) is 7.32. The topological polar surface area (TPSA) is 71.0 Å². The molecule has 0 bridgehead atoms. The van der Waals surface area contributed by atoms with Gasteiger partial charge in [0.1, 0.15) is 0 Å². The van der Waals surface area contributed by atoms with Crippen molar-refractivity contribution in [2.75, 3.05) is 16.8 Å². The molecule has 0 unspecified atom stereocenters. The molecular formula is C20H18ClN5O. The first kappa shape index (κ1) is 17.4. The van der Waals surface area contributed by atoms with Crippen LogP contribution in [0.25, 0.3) is 11.3 Å². The minimum Gasteiger partial charge on any atom is -0.323 e. The second-order valence-electron chi connectivity index (χ2n) is 6.46. The summed E-state index contributed by atoms with van der Waals surface area (Å²) in [7, 11) is 0. The molecule has 1 N–H and O–H groups in total. The Kier molecular flexibility index (Phi) is 4.73. The van der Waals surface area contributed by atoms with Gasteiger partial charge in [0.25, 0.3) is 0 Å². The van der Waals surface area contributed by atoms with Crippen LogP contribution in [0.3, 0.4) is 0 Å². The Labute approximate surface area is 162 Å². The minimum absolute atomic E-state index is 0.123. The highest BCUT2D eigenvalue weighted by Gasteiger charge is 2.22. The largest absolute Gasteiger partial charge is 0.323 e. The van der Waals surface area contributed by atoms with Crippen LogP contribution in [0.2, 0.25) is 5.02 Å². The smallest absolute Gasteiger partial charge is 0.227 e. The number of carbonyl (C=O) groups excluding carboxylic acids is 1. The molecule has 1 saturated heterocycles. The molecule has 0 radical (unpaired) electrons. The van der Waals surface area contributed by atoms with E-state index >= 15 is 0 Å². The first-order valence-corrected chi connectivity index (χ1v) is 9.10. The number of hydrogen-bond acceptors (Lipinski definition) is 5. The van der Waals surface area contributed by atoms with Crippen molar-refractivity contribution in [3.05, 3.63) is 59.5 Å². The minimum atomic E-state index is 0.123. The summed E-state index contributed by atoms with van der Waals surface area (Å²) in [6.45, 7) is 2.75. The number of halogens is 1. The van der Waals surface area contributed by atoms with Crippen molar-refractivity contribution >= 4 is 34.8 Å². The fourth-order valence-electron chi connectivity index (χ4n) is 3.04. The molecule has 2 aromatic heterocycles. The van der Waals surface area contributed by atoms with Crippen LogP contribution in [0.5, 0.6) is 0 Å². The average molecular weight is 380 g/mol. The monoisotopic (exact) mass is 379 g/mol. The van der Waals surface area contributed by atoms with Gasteiger partial charge in [0, 0.05) is 18.5 Å². The van der Waals surface area contributed by atoms with Crippen LogP contribution >= 0.6 is 11.6 Å². The molecule has 6 nitrogen and oxygen atoms in total. The van der Waals surface area contributed by atoms with Gasteiger partial charge in [-0.1, -0.05) is 41.4 Å². The fraction of sp³-hybridized carbons (Fsp3) is 0.200. The lowest BCUT2D eigenvalue weighted by Gasteiger charge is -2.16. The summed E-state index contributed by atoms with van der Waals surface area (Å²) >= 11 is 6.29. The number of benzene rings is 1. The van der Waals surface area contributed by atoms with Crippen LogP contribution in [-0.4, -0.2) is 27.4 Å². The van der Waals surface area contributed by atoms with Gasteiger partial charge in [-0.3, -0.25) is 9.78 Å². The maximum atomic E-state index is 11.9. The second-order valence-corrected chi connectivity index (χ2v) is 6.87. The van der Waals surface area contributed by atoms with Gasteiger partial charge in [0.15, 0.2) is 0 Å². The van der Waals surface area contributed by atoms with E-state index in [9.17, 15) is 4.79 Å². The summed E-state index contributed by atoms with van der Waals surface area (Å²) in [5.74, 6) is 0.542. The van der Waals surface area contributed by atoms with E-state index in [4.69, 9.17) is 11.6 Å². The number of aryl methyl sites for hydroxylation is 1. The molecule has 1 aromatic carbocycles. The molecule has 0 spiro atoms. The number of hydrogen-bond donors (Lipinski definition) is 1. The number of rotatable bonds is 4. The van der Waals surface area contributed by atoms with E-state index in [0.717, 1.165) is 24.2 Å². The standard InChI is InChI=1S/C20H18ClN5O/c1-13-4-6-14(7-5-13)19-17(21)12-23-20(25-19)24-15-9-16(11-22-10-15)26-8-2-3-18(26)27/h4-7,9-12H,2-3,8H2,1H3,(H,23,24,25). The van der Waals surface area contributed by atoms with Gasteiger partial charge in [-0.25, -0.2) is 9.97 Å². The highest BCUT2D eigenvalue weighted by atomic mass is 35.5. The number of anilines is 3. The van der Waals surface area contributed by atoms with Gasteiger partial charge in [-0.05, 0) is 19.4 Å². The van der Waals surface area contributed by atoms with E-state index in [-0.39, 0.29) is 5.91 Å². The Hall–Kier alpha value is -2.99. The molecule has 3 aromatic rings. The Morgan fingerprint density at radius 1 is 1.15 bits per heavy atom. The van der Waals surface area contributed by atoms with Gasteiger partial charge < -0.3 is 10.2 Å². The third kappa shape index (κ3) is 3.75. The third-order valence-electron chi connectivity index (χ3n) is 4.43. The van der Waals surface area contributed by atoms with Crippen molar-refractivity contribution in [2.45, 2.75) is 19.8 Å². The molecule has 0 aliphatic carbocycles. The van der Waals surface area contributed by atoms with Crippen LogP contribution < -0.4 is 10.2 Å². The van der Waals surface area contributed by atoms with Crippen LogP contribution in [-0.2, 0) is 4.79 Å². The zero-order valence-corrected chi connectivity index (χ0v) is 15.6. The number of amides is 1. The molecule has 0 saturated carbocycles. The van der Waals surface area contributed by atoms with Gasteiger partial charge in [0.2, 0.25) is 11.9 Å². The van der Waals surface area contributed by atoms with Crippen molar-refractivity contribution in [3.8, 4) is 11.3 Å². The fourth-order valence-corrected chi connectivity index (χ4v) is 3.24. The molecular weight excluding hydrogens is 362 g/mol. The van der Waals surface area contributed by atoms with E-state index in [2.05, 4.69) is 20.3 Å². The van der Waals surface area contributed by atoms with Crippen molar-refractivity contribution in [1.29, 1.82) is 0 Å². The molecule has 1 fully saturated rings. The summed E-state index contributed by atoms with van der Waals surface area (Å²) in [6, 6.07) is 9.87. The Morgan fingerprint density at radius 2 is 1.96 bits per heavy atom. The number of nitrogens with zero attached hydrogens (tertiary/aromatic N) is 4. The van der Waals surface area contributed by atoms with E-state index in [0.29, 0.717) is 28.8 Å². The molecule has 27 heavy (non-hydrogen) atoms. The zero-order chi connectivity index (χ0) is 18.8. The normalized spacial score (nSPS) is 13.9. The van der Waals surface area contributed by atoms with Gasteiger partial charge in [-0.15, -0.1) is 0 Å². The van der Waals surface area contributed by atoms with Crippen LogP contribution in [0, 0.1) is 6.92 Å². The predicted molar refractivity (Wildman–Crippen MR) is 106 cm³/mol. The first-order chi connectivity index (χ1) is 13.1. The summed E-state index contributed by atoms with van der Waals surface area (Å²) in [6.07, 6.45) is 6.39. The first-order valence-electron chi connectivity index (χ1n) is 8.72.